The van der Waals surface area contributed by atoms with Gasteiger partial charge in [-0.3, -0.25) is 0 Å². The predicted octanol–water partition coefficient (Wildman–Crippen LogP) is 3.08. The SMILES string of the molecule is CCCc1nc(Cl)cc(N(CCO)Cc2ccccc2)n1. The molecule has 0 aliphatic heterocycles. The highest BCUT2D eigenvalue weighted by molar-refractivity contribution is 6.29. The molecule has 0 spiro atoms. The standard InChI is InChI=1S/C16H20ClN3O/c1-2-6-15-18-14(17)11-16(19-15)20(9-10-21)12-13-7-4-3-5-8-13/h3-5,7-8,11,21H,2,6,9-10,12H2,1H3. The summed E-state index contributed by atoms with van der Waals surface area (Å²) in [5, 5.41) is 9.74. The fourth-order valence-corrected chi connectivity index (χ4v) is 2.34. The van der Waals surface area contributed by atoms with E-state index in [1.165, 1.54) is 0 Å². The maximum atomic E-state index is 9.30. The van der Waals surface area contributed by atoms with Crippen molar-refractivity contribution in [2.24, 2.45) is 0 Å². The summed E-state index contributed by atoms with van der Waals surface area (Å²) in [7, 11) is 0. The Bertz CT molecular complexity index is 563. The van der Waals surface area contributed by atoms with Gasteiger partial charge in [-0.05, 0) is 12.0 Å². The zero-order valence-electron chi connectivity index (χ0n) is 12.2. The van der Waals surface area contributed by atoms with Crippen LogP contribution in [0.3, 0.4) is 0 Å². The Labute approximate surface area is 130 Å². The molecule has 112 valence electrons. The summed E-state index contributed by atoms with van der Waals surface area (Å²) in [4.78, 5) is 10.8. The van der Waals surface area contributed by atoms with Crippen LogP contribution in [-0.2, 0) is 13.0 Å². The molecule has 0 atom stereocenters. The molecule has 21 heavy (non-hydrogen) atoms. The lowest BCUT2D eigenvalue weighted by molar-refractivity contribution is 0.301. The summed E-state index contributed by atoms with van der Waals surface area (Å²) in [5.74, 6) is 1.51. The zero-order valence-corrected chi connectivity index (χ0v) is 12.9. The molecule has 0 unspecified atom stereocenters. The fraction of sp³-hybridized carbons (Fsp3) is 0.375. The highest BCUT2D eigenvalue weighted by Crippen LogP contribution is 2.19. The first-order chi connectivity index (χ1) is 10.2. The van der Waals surface area contributed by atoms with E-state index in [0.717, 1.165) is 30.0 Å². The largest absolute Gasteiger partial charge is 0.395 e. The molecular weight excluding hydrogens is 286 g/mol. The van der Waals surface area contributed by atoms with Gasteiger partial charge in [-0.2, -0.15) is 0 Å². The molecule has 4 nitrogen and oxygen atoms in total. The number of rotatable bonds is 7. The molecule has 5 heteroatoms. The van der Waals surface area contributed by atoms with Crippen LogP contribution in [0, 0.1) is 0 Å². The molecule has 0 fully saturated rings. The van der Waals surface area contributed by atoms with Crippen LogP contribution < -0.4 is 4.90 Å². The van der Waals surface area contributed by atoms with Gasteiger partial charge >= 0.3 is 0 Å². The number of hydrogen-bond acceptors (Lipinski definition) is 4. The summed E-state index contributed by atoms with van der Waals surface area (Å²) in [5.41, 5.74) is 1.16. The third kappa shape index (κ3) is 4.69. The van der Waals surface area contributed by atoms with E-state index in [1.807, 2.05) is 23.1 Å². The maximum Gasteiger partial charge on any atom is 0.134 e. The first-order valence-corrected chi connectivity index (χ1v) is 7.54. The monoisotopic (exact) mass is 305 g/mol. The van der Waals surface area contributed by atoms with Crippen molar-refractivity contribution in [2.75, 3.05) is 18.1 Å². The minimum absolute atomic E-state index is 0.0670. The van der Waals surface area contributed by atoms with Gasteiger partial charge in [0, 0.05) is 25.6 Å². The Balaban J connectivity index is 2.24. The van der Waals surface area contributed by atoms with Gasteiger partial charge in [-0.15, -0.1) is 0 Å². The van der Waals surface area contributed by atoms with E-state index in [1.54, 1.807) is 6.07 Å². The van der Waals surface area contributed by atoms with Crippen molar-refractivity contribution in [1.82, 2.24) is 9.97 Å². The Morgan fingerprint density at radius 1 is 1.19 bits per heavy atom. The van der Waals surface area contributed by atoms with Crippen molar-refractivity contribution in [3.05, 3.63) is 52.9 Å². The number of aromatic nitrogens is 2. The molecule has 0 aliphatic carbocycles. The van der Waals surface area contributed by atoms with E-state index >= 15 is 0 Å². The highest BCUT2D eigenvalue weighted by Gasteiger charge is 2.11. The van der Waals surface area contributed by atoms with Crippen molar-refractivity contribution >= 4 is 17.4 Å². The van der Waals surface area contributed by atoms with E-state index in [2.05, 4.69) is 29.0 Å². The number of aliphatic hydroxyl groups is 1. The minimum atomic E-state index is 0.0670. The quantitative estimate of drug-likeness (QED) is 0.799. The lowest BCUT2D eigenvalue weighted by Crippen LogP contribution is -2.27. The Morgan fingerprint density at radius 3 is 2.62 bits per heavy atom. The number of aliphatic hydroxyl groups excluding tert-OH is 1. The topological polar surface area (TPSA) is 49.2 Å². The van der Waals surface area contributed by atoms with Crippen LogP contribution in [0.2, 0.25) is 5.15 Å². The molecule has 0 amide bonds. The van der Waals surface area contributed by atoms with Gasteiger partial charge in [-0.25, -0.2) is 9.97 Å². The number of nitrogens with zero attached hydrogens (tertiary/aromatic N) is 3. The Kier molecular flexibility index (Phi) is 5.96. The summed E-state index contributed by atoms with van der Waals surface area (Å²) >= 11 is 6.09. The van der Waals surface area contributed by atoms with Gasteiger partial charge in [0.2, 0.25) is 0 Å². The van der Waals surface area contributed by atoms with Crippen LogP contribution in [0.4, 0.5) is 5.82 Å². The van der Waals surface area contributed by atoms with E-state index in [-0.39, 0.29) is 6.61 Å². The molecular formula is C16H20ClN3O. The lowest BCUT2D eigenvalue weighted by Gasteiger charge is -2.23. The van der Waals surface area contributed by atoms with Crippen molar-refractivity contribution in [2.45, 2.75) is 26.3 Å². The third-order valence-electron chi connectivity index (χ3n) is 3.11. The van der Waals surface area contributed by atoms with E-state index in [4.69, 9.17) is 11.6 Å². The number of benzene rings is 1. The molecule has 1 N–H and O–H groups in total. The van der Waals surface area contributed by atoms with Crippen LogP contribution >= 0.6 is 11.6 Å². The van der Waals surface area contributed by atoms with Crippen molar-refractivity contribution in [3.8, 4) is 0 Å². The van der Waals surface area contributed by atoms with Crippen molar-refractivity contribution in [3.63, 3.8) is 0 Å². The van der Waals surface area contributed by atoms with Gasteiger partial charge in [0.25, 0.3) is 0 Å². The molecule has 2 rings (SSSR count). The van der Waals surface area contributed by atoms with E-state index < -0.39 is 0 Å². The van der Waals surface area contributed by atoms with Crippen LogP contribution in [0.5, 0.6) is 0 Å². The second-order valence-electron chi connectivity index (χ2n) is 4.85. The summed E-state index contributed by atoms with van der Waals surface area (Å²) in [6, 6.07) is 11.9. The van der Waals surface area contributed by atoms with Crippen molar-refractivity contribution in [1.29, 1.82) is 0 Å². The fourth-order valence-electron chi connectivity index (χ4n) is 2.15. The first kappa shape index (κ1) is 15.7. The Morgan fingerprint density at radius 2 is 1.95 bits per heavy atom. The van der Waals surface area contributed by atoms with E-state index in [0.29, 0.717) is 18.2 Å². The first-order valence-electron chi connectivity index (χ1n) is 7.16. The average molecular weight is 306 g/mol. The summed E-state index contributed by atoms with van der Waals surface area (Å²) < 4.78 is 0. The molecule has 0 aliphatic rings. The number of anilines is 1. The third-order valence-corrected chi connectivity index (χ3v) is 3.31. The Hall–Kier alpha value is -1.65. The molecule has 0 bridgehead atoms. The van der Waals surface area contributed by atoms with Gasteiger partial charge in [0.15, 0.2) is 0 Å². The summed E-state index contributed by atoms with van der Waals surface area (Å²) in [6.45, 7) is 3.34. The molecule has 2 aromatic rings. The second kappa shape index (κ2) is 7.96. The molecule has 0 radical (unpaired) electrons. The predicted molar refractivity (Wildman–Crippen MR) is 85.6 cm³/mol. The number of aryl methyl sites for hydroxylation is 1. The smallest absolute Gasteiger partial charge is 0.134 e. The van der Waals surface area contributed by atoms with Crippen molar-refractivity contribution < 1.29 is 5.11 Å². The zero-order chi connectivity index (χ0) is 15.1. The van der Waals surface area contributed by atoms with Gasteiger partial charge in [0.05, 0.1) is 6.61 Å². The van der Waals surface area contributed by atoms with E-state index in [9.17, 15) is 5.11 Å². The lowest BCUT2D eigenvalue weighted by atomic mass is 10.2. The molecule has 1 heterocycles. The van der Waals surface area contributed by atoms with Gasteiger partial charge < -0.3 is 10.0 Å². The average Bonchev–Trinajstić information content (AvgIpc) is 2.48. The molecule has 0 saturated carbocycles. The molecule has 1 aromatic heterocycles. The van der Waals surface area contributed by atoms with Crippen LogP contribution in [0.25, 0.3) is 0 Å². The van der Waals surface area contributed by atoms with Crippen LogP contribution in [0.1, 0.15) is 24.7 Å². The minimum Gasteiger partial charge on any atom is -0.395 e. The molecule has 0 saturated heterocycles. The number of halogens is 1. The molecule has 1 aromatic carbocycles. The van der Waals surface area contributed by atoms with Gasteiger partial charge in [0.1, 0.15) is 16.8 Å². The number of hydrogen-bond donors (Lipinski definition) is 1. The normalized spacial score (nSPS) is 10.6. The van der Waals surface area contributed by atoms with Gasteiger partial charge in [-0.1, -0.05) is 48.9 Å². The maximum absolute atomic E-state index is 9.30. The highest BCUT2D eigenvalue weighted by atomic mass is 35.5. The summed E-state index contributed by atoms with van der Waals surface area (Å²) in [6.07, 6.45) is 1.77. The van der Waals surface area contributed by atoms with Crippen LogP contribution in [0.15, 0.2) is 36.4 Å². The second-order valence-corrected chi connectivity index (χ2v) is 5.23. The van der Waals surface area contributed by atoms with Crippen LogP contribution in [-0.4, -0.2) is 28.2 Å².